The maximum absolute atomic E-state index is 12.9. The first-order chi connectivity index (χ1) is 12.4. The van der Waals surface area contributed by atoms with Gasteiger partial charge < -0.3 is 15.2 Å². The molecule has 0 bridgehead atoms. The third-order valence-electron chi connectivity index (χ3n) is 3.62. The van der Waals surface area contributed by atoms with Gasteiger partial charge in [0.2, 0.25) is 0 Å². The molecule has 0 saturated carbocycles. The molecule has 0 aliphatic carbocycles. The minimum Gasteiger partial charge on any atom is -0.453 e. The summed E-state index contributed by atoms with van der Waals surface area (Å²) < 4.78 is 50.3. The van der Waals surface area contributed by atoms with E-state index in [0.717, 1.165) is 0 Å². The molecular formula is C20H16F3NO2. The summed E-state index contributed by atoms with van der Waals surface area (Å²) >= 11 is 0. The van der Waals surface area contributed by atoms with Crippen molar-refractivity contribution in [2.45, 2.75) is 12.2 Å². The van der Waals surface area contributed by atoms with Crippen molar-refractivity contribution in [3.8, 4) is 23.0 Å². The van der Waals surface area contributed by atoms with Gasteiger partial charge in [-0.25, -0.2) is 0 Å². The third-order valence-corrected chi connectivity index (χ3v) is 3.62. The van der Waals surface area contributed by atoms with Crippen LogP contribution in [0.5, 0.6) is 23.0 Å². The predicted molar refractivity (Wildman–Crippen MR) is 92.5 cm³/mol. The fourth-order valence-corrected chi connectivity index (χ4v) is 2.30. The first-order valence-electron chi connectivity index (χ1n) is 7.85. The zero-order valence-electron chi connectivity index (χ0n) is 13.6. The van der Waals surface area contributed by atoms with E-state index < -0.39 is 12.2 Å². The number of halogens is 3. The zero-order chi connectivity index (χ0) is 18.6. The standard InChI is InChI=1S/C20H16F3NO2/c21-20(22,23)19(24)14-11-12-17(25-15-7-3-1-4-8-15)18(13-14)26-16-9-5-2-6-10-16/h1-13,19H,24H2/t19-/m1/s1. The van der Waals surface area contributed by atoms with Crippen LogP contribution in [0.1, 0.15) is 11.6 Å². The van der Waals surface area contributed by atoms with Crippen LogP contribution < -0.4 is 15.2 Å². The van der Waals surface area contributed by atoms with Crippen LogP contribution in [-0.2, 0) is 0 Å². The van der Waals surface area contributed by atoms with Gasteiger partial charge in [0, 0.05) is 0 Å². The van der Waals surface area contributed by atoms with Crippen LogP contribution in [0.15, 0.2) is 78.9 Å². The third kappa shape index (κ3) is 4.34. The lowest BCUT2D eigenvalue weighted by molar-refractivity contribution is -0.149. The summed E-state index contributed by atoms with van der Waals surface area (Å²) in [5.74, 6) is 1.46. The SMILES string of the molecule is N[C@H](c1ccc(Oc2ccccc2)c(Oc2ccccc2)c1)C(F)(F)F. The highest BCUT2D eigenvalue weighted by Crippen LogP contribution is 2.39. The Morgan fingerprint density at radius 3 is 1.69 bits per heavy atom. The number of hydrogen-bond acceptors (Lipinski definition) is 3. The van der Waals surface area contributed by atoms with Crippen LogP contribution in [0.25, 0.3) is 0 Å². The fourth-order valence-electron chi connectivity index (χ4n) is 2.30. The Hall–Kier alpha value is -2.99. The van der Waals surface area contributed by atoms with Crippen molar-refractivity contribution in [2.24, 2.45) is 5.73 Å². The summed E-state index contributed by atoms with van der Waals surface area (Å²) in [5, 5.41) is 0. The van der Waals surface area contributed by atoms with Crippen LogP contribution in [0, 0.1) is 0 Å². The maximum Gasteiger partial charge on any atom is 0.407 e. The lowest BCUT2D eigenvalue weighted by Crippen LogP contribution is -2.28. The van der Waals surface area contributed by atoms with Gasteiger partial charge in [-0.2, -0.15) is 13.2 Å². The first-order valence-corrected chi connectivity index (χ1v) is 7.85. The molecule has 0 heterocycles. The number of nitrogens with two attached hydrogens (primary N) is 1. The monoisotopic (exact) mass is 359 g/mol. The van der Waals surface area contributed by atoms with Crippen molar-refractivity contribution in [1.29, 1.82) is 0 Å². The number of ether oxygens (including phenoxy) is 2. The molecule has 0 amide bonds. The first kappa shape index (κ1) is 17.8. The minimum absolute atomic E-state index is 0.108. The summed E-state index contributed by atoms with van der Waals surface area (Å²) in [4.78, 5) is 0. The van der Waals surface area contributed by atoms with E-state index in [1.807, 2.05) is 12.1 Å². The van der Waals surface area contributed by atoms with Crippen molar-refractivity contribution in [1.82, 2.24) is 0 Å². The molecule has 0 spiro atoms. The van der Waals surface area contributed by atoms with E-state index in [1.54, 1.807) is 48.5 Å². The fraction of sp³-hybridized carbons (Fsp3) is 0.100. The van der Waals surface area contributed by atoms with E-state index in [4.69, 9.17) is 15.2 Å². The Balaban J connectivity index is 1.97. The molecule has 3 aromatic rings. The molecule has 134 valence electrons. The van der Waals surface area contributed by atoms with Gasteiger partial charge in [0.25, 0.3) is 0 Å². The highest BCUT2D eigenvalue weighted by molar-refractivity contribution is 5.48. The second-order valence-corrected chi connectivity index (χ2v) is 5.56. The Kier molecular flexibility index (Phi) is 5.14. The van der Waals surface area contributed by atoms with Crippen molar-refractivity contribution in [3.05, 3.63) is 84.4 Å². The molecule has 0 saturated heterocycles. The Morgan fingerprint density at radius 2 is 1.19 bits per heavy atom. The van der Waals surface area contributed by atoms with Crippen molar-refractivity contribution >= 4 is 0 Å². The summed E-state index contributed by atoms with van der Waals surface area (Å²) in [6.07, 6.45) is -4.55. The number of benzene rings is 3. The highest BCUT2D eigenvalue weighted by atomic mass is 19.4. The molecule has 3 aromatic carbocycles. The Labute approximate surface area is 148 Å². The second kappa shape index (κ2) is 7.49. The van der Waals surface area contributed by atoms with E-state index in [-0.39, 0.29) is 17.1 Å². The quantitative estimate of drug-likeness (QED) is 0.623. The lowest BCUT2D eigenvalue weighted by Gasteiger charge is -2.18. The molecule has 6 heteroatoms. The van der Waals surface area contributed by atoms with Gasteiger partial charge in [-0.3, -0.25) is 0 Å². The molecule has 0 fully saturated rings. The lowest BCUT2D eigenvalue weighted by atomic mass is 10.1. The van der Waals surface area contributed by atoms with Gasteiger partial charge in [-0.1, -0.05) is 42.5 Å². The summed E-state index contributed by atoms with van der Waals surface area (Å²) in [6, 6.07) is 19.5. The number of alkyl halides is 3. The maximum atomic E-state index is 12.9. The molecule has 0 radical (unpaired) electrons. The molecule has 0 unspecified atom stereocenters. The molecule has 0 aliphatic heterocycles. The van der Waals surface area contributed by atoms with Gasteiger partial charge in [-0.05, 0) is 42.0 Å². The molecule has 2 N–H and O–H groups in total. The zero-order valence-corrected chi connectivity index (χ0v) is 13.6. The van der Waals surface area contributed by atoms with Crippen molar-refractivity contribution in [3.63, 3.8) is 0 Å². The second-order valence-electron chi connectivity index (χ2n) is 5.56. The van der Waals surface area contributed by atoms with E-state index >= 15 is 0 Å². The average Bonchev–Trinajstić information content (AvgIpc) is 2.63. The highest BCUT2D eigenvalue weighted by Gasteiger charge is 2.38. The van der Waals surface area contributed by atoms with E-state index in [1.165, 1.54) is 18.2 Å². The van der Waals surface area contributed by atoms with E-state index in [2.05, 4.69) is 0 Å². The number of hydrogen-bond donors (Lipinski definition) is 1. The number of para-hydroxylation sites is 2. The van der Waals surface area contributed by atoms with Gasteiger partial charge in [0.05, 0.1) is 0 Å². The van der Waals surface area contributed by atoms with Crippen molar-refractivity contribution in [2.75, 3.05) is 0 Å². The van der Waals surface area contributed by atoms with Crippen LogP contribution in [-0.4, -0.2) is 6.18 Å². The molecule has 3 rings (SSSR count). The Bertz CT molecular complexity index is 852. The van der Waals surface area contributed by atoms with Gasteiger partial charge in [-0.15, -0.1) is 0 Å². The van der Waals surface area contributed by atoms with Crippen LogP contribution >= 0.6 is 0 Å². The van der Waals surface area contributed by atoms with Crippen molar-refractivity contribution < 1.29 is 22.6 Å². The van der Waals surface area contributed by atoms with E-state index in [9.17, 15) is 13.2 Å². The van der Waals surface area contributed by atoms with Crippen LogP contribution in [0.3, 0.4) is 0 Å². The summed E-state index contributed by atoms with van der Waals surface area (Å²) in [6.45, 7) is 0. The van der Waals surface area contributed by atoms with Gasteiger partial charge >= 0.3 is 6.18 Å². The molecule has 1 atom stereocenters. The average molecular weight is 359 g/mol. The van der Waals surface area contributed by atoms with E-state index in [0.29, 0.717) is 11.5 Å². The normalized spacial score (nSPS) is 12.5. The number of rotatable bonds is 5. The molecule has 26 heavy (non-hydrogen) atoms. The van der Waals surface area contributed by atoms with Crippen LogP contribution in [0.2, 0.25) is 0 Å². The molecule has 3 nitrogen and oxygen atoms in total. The minimum atomic E-state index is -4.55. The summed E-state index contributed by atoms with van der Waals surface area (Å²) in [5.41, 5.74) is 5.21. The molecular weight excluding hydrogens is 343 g/mol. The van der Waals surface area contributed by atoms with Gasteiger partial charge in [0.1, 0.15) is 17.5 Å². The van der Waals surface area contributed by atoms with Gasteiger partial charge in [0.15, 0.2) is 11.5 Å². The smallest absolute Gasteiger partial charge is 0.407 e. The Morgan fingerprint density at radius 1 is 0.692 bits per heavy atom. The molecule has 0 aromatic heterocycles. The van der Waals surface area contributed by atoms with Crippen LogP contribution in [0.4, 0.5) is 13.2 Å². The molecule has 0 aliphatic rings. The summed E-state index contributed by atoms with van der Waals surface area (Å²) in [7, 11) is 0. The predicted octanol–water partition coefficient (Wildman–Crippen LogP) is 5.83. The topological polar surface area (TPSA) is 44.5 Å². The largest absolute Gasteiger partial charge is 0.453 e.